The van der Waals surface area contributed by atoms with Gasteiger partial charge in [-0.3, -0.25) is 0 Å². The van der Waals surface area contributed by atoms with Gasteiger partial charge in [0.15, 0.2) is 0 Å². The third-order valence-corrected chi connectivity index (χ3v) is 6.41. The molecular formula is C30H26O2. The highest BCUT2D eigenvalue weighted by molar-refractivity contribution is 5.93. The number of rotatable bonds is 4. The quantitative estimate of drug-likeness (QED) is 0.293. The van der Waals surface area contributed by atoms with E-state index in [-0.39, 0.29) is 17.4 Å². The fourth-order valence-corrected chi connectivity index (χ4v) is 4.73. The summed E-state index contributed by atoms with van der Waals surface area (Å²) in [7, 11) is 0. The highest BCUT2D eigenvalue weighted by Gasteiger charge is 2.27. The van der Waals surface area contributed by atoms with Crippen LogP contribution in [0.3, 0.4) is 0 Å². The van der Waals surface area contributed by atoms with Gasteiger partial charge in [0.2, 0.25) is 0 Å². The number of benzene rings is 5. The highest BCUT2D eigenvalue weighted by atomic mass is 16.3. The van der Waals surface area contributed by atoms with Gasteiger partial charge in [-0.1, -0.05) is 98.8 Å². The van der Waals surface area contributed by atoms with Crippen LogP contribution in [-0.4, -0.2) is 10.2 Å². The van der Waals surface area contributed by atoms with Crippen LogP contribution in [0.15, 0.2) is 97.1 Å². The van der Waals surface area contributed by atoms with Crippen molar-refractivity contribution >= 4 is 21.5 Å². The fourth-order valence-electron chi connectivity index (χ4n) is 4.73. The summed E-state index contributed by atoms with van der Waals surface area (Å²) >= 11 is 0. The Bertz CT molecular complexity index is 1330. The zero-order chi connectivity index (χ0) is 22.2. The largest absolute Gasteiger partial charge is 0.508 e. The van der Waals surface area contributed by atoms with E-state index in [1.165, 1.54) is 5.56 Å². The van der Waals surface area contributed by atoms with Crippen LogP contribution in [0, 0.1) is 0 Å². The van der Waals surface area contributed by atoms with E-state index in [0.29, 0.717) is 5.92 Å². The Morgan fingerprint density at radius 1 is 0.500 bits per heavy atom. The average Bonchev–Trinajstić information content (AvgIpc) is 2.82. The Hall–Kier alpha value is -3.78. The van der Waals surface area contributed by atoms with Gasteiger partial charge in [0.1, 0.15) is 11.5 Å². The molecule has 5 aromatic rings. The summed E-state index contributed by atoms with van der Waals surface area (Å²) in [5.41, 5.74) is 3.92. The maximum absolute atomic E-state index is 11.1. The van der Waals surface area contributed by atoms with Crippen molar-refractivity contribution < 1.29 is 10.2 Å². The zero-order valence-corrected chi connectivity index (χ0v) is 18.3. The molecule has 0 fully saturated rings. The minimum absolute atomic E-state index is 0.231. The number of phenolic OH excluding ortho intramolecular Hbond substituents is 2. The van der Waals surface area contributed by atoms with Crippen LogP contribution in [0.2, 0.25) is 0 Å². The van der Waals surface area contributed by atoms with Crippen molar-refractivity contribution in [2.45, 2.75) is 25.7 Å². The van der Waals surface area contributed by atoms with E-state index < -0.39 is 0 Å². The van der Waals surface area contributed by atoms with E-state index in [0.717, 1.165) is 38.2 Å². The lowest BCUT2D eigenvalue weighted by Crippen LogP contribution is -2.06. The van der Waals surface area contributed by atoms with E-state index in [2.05, 4.69) is 50.2 Å². The molecule has 0 aliphatic carbocycles. The molecule has 5 aromatic carbocycles. The van der Waals surface area contributed by atoms with E-state index in [1.807, 2.05) is 48.5 Å². The van der Waals surface area contributed by atoms with Crippen molar-refractivity contribution in [2.75, 3.05) is 0 Å². The normalized spacial score (nSPS) is 11.6. The summed E-state index contributed by atoms with van der Waals surface area (Å²) in [6.45, 7) is 4.36. The van der Waals surface area contributed by atoms with Gasteiger partial charge in [0.25, 0.3) is 0 Å². The third-order valence-electron chi connectivity index (χ3n) is 6.41. The molecule has 0 aliphatic rings. The first-order chi connectivity index (χ1) is 15.5. The van der Waals surface area contributed by atoms with Gasteiger partial charge in [-0.05, 0) is 50.7 Å². The summed E-state index contributed by atoms with van der Waals surface area (Å²) in [5, 5.41) is 26.3. The highest BCUT2D eigenvalue weighted by Crippen LogP contribution is 2.46. The topological polar surface area (TPSA) is 40.5 Å². The molecule has 5 rings (SSSR count). The van der Waals surface area contributed by atoms with Crippen molar-refractivity contribution in [1.29, 1.82) is 0 Å². The molecule has 32 heavy (non-hydrogen) atoms. The Labute approximate surface area is 188 Å². The number of hydrogen-bond acceptors (Lipinski definition) is 2. The van der Waals surface area contributed by atoms with Crippen molar-refractivity contribution in [3.8, 4) is 11.5 Å². The Balaban J connectivity index is 1.87. The predicted octanol–water partition coefficient (Wildman–Crippen LogP) is 7.71. The molecule has 0 unspecified atom stereocenters. The molecule has 2 heteroatoms. The van der Waals surface area contributed by atoms with Crippen LogP contribution in [0.4, 0.5) is 0 Å². The second-order valence-electron chi connectivity index (χ2n) is 8.69. The first-order valence-electron chi connectivity index (χ1n) is 11.1. The first-order valence-corrected chi connectivity index (χ1v) is 11.1. The molecule has 0 atom stereocenters. The van der Waals surface area contributed by atoms with Gasteiger partial charge >= 0.3 is 0 Å². The lowest BCUT2D eigenvalue weighted by atomic mass is 9.79. The minimum Gasteiger partial charge on any atom is -0.508 e. The molecule has 0 bridgehead atoms. The fraction of sp³-hybridized carbons (Fsp3) is 0.133. The average molecular weight is 419 g/mol. The lowest BCUT2D eigenvalue weighted by molar-refractivity contribution is 0.460. The second kappa shape index (κ2) is 8.05. The molecule has 0 aliphatic heterocycles. The van der Waals surface area contributed by atoms with Crippen LogP contribution in [0.25, 0.3) is 21.5 Å². The van der Waals surface area contributed by atoms with E-state index in [1.54, 1.807) is 12.1 Å². The monoisotopic (exact) mass is 418 g/mol. The van der Waals surface area contributed by atoms with E-state index in [9.17, 15) is 10.2 Å². The van der Waals surface area contributed by atoms with E-state index >= 15 is 0 Å². The summed E-state index contributed by atoms with van der Waals surface area (Å²) in [5.74, 6) is 0.566. The number of hydrogen-bond donors (Lipinski definition) is 2. The van der Waals surface area contributed by atoms with Crippen LogP contribution < -0.4 is 0 Å². The van der Waals surface area contributed by atoms with Crippen molar-refractivity contribution in [2.24, 2.45) is 0 Å². The second-order valence-corrected chi connectivity index (χ2v) is 8.69. The lowest BCUT2D eigenvalue weighted by Gasteiger charge is -2.24. The molecular weight excluding hydrogens is 392 g/mol. The summed E-state index contributed by atoms with van der Waals surface area (Å²) < 4.78 is 0. The Kier molecular flexibility index (Phi) is 5.07. The number of phenols is 2. The van der Waals surface area contributed by atoms with Gasteiger partial charge in [-0.25, -0.2) is 0 Å². The molecule has 0 heterocycles. The molecule has 2 nitrogen and oxygen atoms in total. The third kappa shape index (κ3) is 3.38. The van der Waals surface area contributed by atoms with Crippen molar-refractivity contribution in [3.05, 3.63) is 119 Å². The molecule has 0 saturated heterocycles. The van der Waals surface area contributed by atoms with Crippen molar-refractivity contribution in [1.82, 2.24) is 0 Å². The Morgan fingerprint density at radius 2 is 0.938 bits per heavy atom. The molecule has 0 amide bonds. The van der Waals surface area contributed by atoms with E-state index in [4.69, 9.17) is 0 Å². The molecule has 158 valence electrons. The van der Waals surface area contributed by atoms with Crippen LogP contribution in [0.5, 0.6) is 11.5 Å². The van der Waals surface area contributed by atoms with Crippen LogP contribution >= 0.6 is 0 Å². The molecule has 0 spiro atoms. The van der Waals surface area contributed by atoms with Gasteiger partial charge < -0.3 is 10.2 Å². The molecule has 2 N–H and O–H groups in total. The number of aromatic hydroxyl groups is 2. The summed E-state index contributed by atoms with van der Waals surface area (Å²) in [6, 6.07) is 32.1. The molecule has 0 aromatic heterocycles. The van der Waals surface area contributed by atoms with Crippen molar-refractivity contribution in [3.63, 3.8) is 0 Å². The van der Waals surface area contributed by atoms with Gasteiger partial charge in [0.05, 0.1) is 0 Å². The van der Waals surface area contributed by atoms with Gasteiger partial charge in [-0.15, -0.1) is 0 Å². The maximum atomic E-state index is 11.1. The minimum atomic E-state index is -0.326. The predicted molar refractivity (Wildman–Crippen MR) is 133 cm³/mol. The summed E-state index contributed by atoms with van der Waals surface area (Å²) in [6.07, 6.45) is 0. The number of fused-ring (bicyclic) bond motifs is 2. The standard InChI is InChI=1S/C30H26O2/c1-19(2)20-11-13-23(14-12-20)28(29-24-9-5-3-7-21(24)15-17-26(29)31)30-25-10-6-4-8-22(25)16-18-27(30)32/h3-19,28,31-32H,1-2H3. The van der Waals surface area contributed by atoms with Crippen LogP contribution in [-0.2, 0) is 0 Å². The van der Waals surface area contributed by atoms with Gasteiger partial charge in [-0.2, -0.15) is 0 Å². The zero-order valence-electron chi connectivity index (χ0n) is 18.3. The SMILES string of the molecule is CC(C)c1ccc(C(c2c(O)ccc3ccccc23)c2c(O)ccc3ccccc23)cc1. The molecule has 0 radical (unpaired) electrons. The van der Waals surface area contributed by atoms with Gasteiger partial charge in [0, 0.05) is 17.0 Å². The molecule has 0 saturated carbocycles. The summed E-state index contributed by atoms with van der Waals surface area (Å²) in [4.78, 5) is 0. The smallest absolute Gasteiger partial charge is 0.120 e. The maximum Gasteiger partial charge on any atom is 0.120 e. The Morgan fingerprint density at radius 3 is 1.41 bits per heavy atom. The van der Waals surface area contributed by atoms with Crippen LogP contribution in [0.1, 0.15) is 47.9 Å². The first kappa shape index (κ1) is 20.1.